The molecule has 8 rings (SSSR count). The third kappa shape index (κ3) is 6.99. The number of aliphatic hydroxyl groups excluding tert-OH is 1. The van der Waals surface area contributed by atoms with Crippen molar-refractivity contribution in [2.45, 2.75) is 101 Å². The summed E-state index contributed by atoms with van der Waals surface area (Å²) in [4.78, 5) is 49.4. The van der Waals surface area contributed by atoms with E-state index in [0.717, 1.165) is 65.1 Å². The molecular formula is C47H55N3O6Si. The zero-order valence-electron chi connectivity index (χ0n) is 33.7. The summed E-state index contributed by atoms with van der Waals surface area (Å²) in [5, 5.41) is 11.7. The van der Waals surface area contributed by atoms with E-state index < -0.39 is 19.8 Å². The van der Waals surface area contributed by atoms with Crippen molar-refractivity contribution < 1.29 is 29.0 Å². The van der Waals surface area contributed by atoms with E-state index in [2.05, 4.69) is 44.3 Å². The molecule has 9 nitrogen and oxygen atoms in total. The van der Waals surface area contributed by atoms with E-state index in [0.29, 0.717) is 32.5 Å². The van der Waals surface area contributed by atoms with Gasteiger partial charge in [-0.2, -0.15) is 0 Å². The molecule has 4 aromatic carbocycles. The van der Waals surface area contributed by atoms with E-state index >= 15 is 4.79 Å². The first kappa shape index (κ1) is 39.1. The van der Waals surface area contributed by atoms with Crippen LogP contribution in [0.1, 0.15) is 67.7 Å². The minimum absolute atomic E-state index is 0.0770. The van der Waals surface area contributed by atoms with Crippen molar-refractivity contribution in [2.75, 3.05) is 30.1 Å². The molecule has 0 bridgehead atoms. The zero-order valence-corrected chi connectivity index (χ0v) is 34.7. The normalized spacial score (nSPS) is 25.0. The van der Waals surface area contributed by atoms with Gasteiger partial charge in [0.15, 0.2) is 5.60 Å². The summed E-state index contributed by atoms with van der Waals surface area (Å²) in [5.74, 6) is 0.329. The minimum atomic E-state index is -2.55. The molecule has 0 aliphatic carbocycles. The highest BCUT2D eigenvalue weighted by Gasteiger charge is 2.66. The second-order valence-corrected chi connectivity index (χ2v) is 21.7. The van der Waals surface area contributed by atoms with Crippen LogP contribution >= 0.6 is 0 Å². The summed E-state index contributed by atoms with van der Waals surface area (Å²) in [6.45, 7) is 8.05. The Bertz CT molecular complexity index is 2130. The second kappa shape index (κ2) is 15.9. The molecule has 5 atom stereocenters. The molecule has 0 radical (unpaired) electrons. The van der Waals surface area contributed by atoms with Crippen molar-refractivity contribution in [1.29, 1.82) is 0 Å². The maximum absolute atomic E-state index is 15.5. The van der Waals surface area contributed by atoms with E-state index in [1.54, 1.807) is 7.11 Å². The van der Waals surface area contributed by atoms with Gasteiger partial charge in [0.2, 0.25) is 11.8 Å². The summed E-state index contributed by atoms with van der Waals surface area (Å²) in [5.41, 5.74) is 4.02. The summed E-state index contributed by atoms with van der Waals surface area (Å²) < 4.78 is 12.9. The Labute approximate surface area is 337 Å². The van der Waals surface area contributed by atoms with Crippen molar-refractivity contribution in [3.8, 4) is 5.75 Å². The number of nitrogens with zero attached hydrogens (tertiary/aromatic N) is 3. The molecule has 1 spiro atoms. The Morgan fingerprint density at radius 1 is 0.912 bits per heavy atom. The third-order valence-corrected chi connectivity index (χ3v) is 17.8. The van der Waals surface area contributed by atoms with Gasteiger partial charge in [-0.1, -0.05) is 105 Å². The van der Waals surface area contributed by atoms with Crippen LogP contribution in [0.4, 0.5) is 11.4 Å². The predicted octanol–water partition coefficient (Wildman–Crippen LogP) is 7.09. The highest BCUT2D eigenvalue weighted by atomic mass is 28.3. The van der Waals surface area contributed by atoms with Gasteiger partial charge in [-0.15, -0.1) is 0 Å². The predicted molar refractivity (Wildman–Crippen MR) is 225 cm³/mol. The highest BCUT2D eigenvalue weighted by molar-refractivity contribution is 6.91. The SMILES string of the molecule is COc1ccc([Si](C)(C)[C@@H]2[C@@H](CC(=O)N3Cc4ccccc4C[C@H]3CO)O[C@]3(C(=O)N(Cc4ccccc4)c4ccc(N5CCCCCCC5=O)cc43)[C@H]2C)cc1. The molecule has 2 fully saturated rings. The number of carbonyl (C=O) groups excluding carboxylic acids is 3. The maximum atomic E-state index is 15.5. The lowest BCUT2D eigenvalue weighted by atomic mass is 9.82. The van der Waals surface area contributed by atoms with E-state index in [4.69, 9.17) is 9.47 Å². The quantitative estimate of drug-likeness (QED) is 0.182. The van der Waals surface area contributed by atoms with Crippen LogP contribution in [0.15, 0.2) is 97.1 Å². The van der Waals surface area contributed by atoms with Crippen LogP contribution in [-0.4, -0.2) is 68.2 Å². The number of fused-ring (bicyclic) bond motifs is 3. The van der Waals surface area contributed by atoms with Crippen LogP contribution in [0.25, 0.3) is 0 Å². The molecule has 3 amide bonds. The Kier molecular flexibility index (Phi) is 10.9. The van der Waals surface area contributed by atoms with Crippen LogP contribution in [0.3, 0.4) is 0 Å². The molecule has 4 aliphatic heterocycles. The molecule has 1 N–H and O–H groups in total. The van der Waals surface area contributed by atoms with Gasteiger partial charge in [0.1, 0.15) is 5.75 Å². The van der Waals surface area contributed by atoms with Crippen molar-refractivity contribution in [3.05, 3.63) is 119 Å². The van der Waals surface area contributed by atoms with Gasteiger partial charge in [-0.3, -0.25) is 14.4 Å². The molecule has 4 heterocycles. The Morgan fingerprint density at radius 3 is 2.37 bits per heavy atom. The fraction of sp³-hybridized carbons (Fsp3) is 0.426. The smallest absolute Gasteiger partial charge is 0.264 e. The van der Waals surface area contributed by atoms with E-state index in [9.17, 15) is 14.7 Å². The Morgan fingerprint density at radius 2 is 1.63 bits per heavy atom. The first-order valence-electron chi connectivity index (χ1n) is 20.7. The lowest BCUT2D eigenvalue weighted by Crippen LogP contribution is -2.52. The van der Waals surface area contributed by atoms with Crippen molar-refractivity contribution in [3.63, 3.8) is 0 Å². The topological polar surface area (TPSA) is 99.6 Å². The van der Waals surface area contributed by atoms with Crippen molar-refractivity contribution >= 4 is 42.4 Å². The second-order valence-electron chi connectivity index (χ2n) is 17.0. The monoisotopic (exact) mass is 785 g/mol. The van der Waals surface area contributed by atoms with Crippen LogP contribution in [0.2, 0.25) is 18.6 Å². The van der Waals surface area contributed by atoms with Crippen LogP contribution in [0.5, 0.6) is 5.75 Å². The number of ether oxygens (including phenoxy) is 2. The summed E-state index contributed by atoms with van der Waals surface area (Å²) >= 11 is 0. The number of amides is 3. The highest BCUT2D eigenvalue weighted by Crippen LogP contribution is 2.60. The molecule has 0 unspecified atom stereocenters. The van der Waals surface area contributed by atoms with E-state index in [-0.39, 0.29) is 48.3 Å². The average Bonchev–Trinajstić information content (AvgIpc) is 3.64. The van der Waals surface area contributed by atoms with Gasteiger partial charge in [-0.05, 0) is 71.8 Å². The molecule has 0 saturated carbocycles. The molecule has 298 valence electrons. The minimum Gasteiger partial charge on any atom is -0.497 e. The Hall–Kier alpha value is -4.77. The summed E-state index contributed by atoms with van der Waals surface area (Å²) in [6, 6.07) is 32.0. The molecule has 10 heteroatoms. The fourth-order valence-electron chi connectivity index (χ4n) is 10.4. The molecule has 4 aromatic rings. The molecule has 4 aliphatic rings. The molecule has 2 saturated heterocycles. The number of rotatable bonds is 9. The van der Waals surface area contributed by atoms with Gasteiger partial charge in [0.25, 0.3) is 5.91 Å². The molecular weight excluding hydrogens is 731 g/mol. The van der Waals surface area contributed by atoms with E-state index in [1.165, 1.54) is 5.19 Å². The van der Waals surface area contributed by atoms with Crippen LogP contribution in [-0.2, 0) is 44.2 Å². The van der Waals surface area contributed by atoms with Gasteiger partial charge in [-0.25, -0.2) is 0 Å². The molecule has 0 aromatic heterocycles. The van der Waals surface area contributed by atoms with Crippen LogP contribution in [0, 0.1) is 5.92 Å². The third-order valence-electron chi connectivity index (χ3n) is 13.4. The fourth-order valence-corrected chi connectivity index (χ4v) is 14.4. The zero-order chi connectivity index (χ0) is 39.9. The van der Waals surface area contributed by atoms with Crippen LogP contribution < -0.4 is 19.7 Å². The number of anilines is 2. The van der Waals surface area contributed by atoms with Crippen molar-refractivity contribution in [1.82, 2.24) is 4.90 Å². The Balaban J connectivity index is 1.24. The van der Waals surface area contributed by atoms with Gasteiger partial charge < -0.3 is 29.3 Å². The summed E-state index contributed by atoms with van der Waals surface area (Å²) in [6.07, 6.45) is 4.49. The van der Waals surface area contributed by atoms with Crippen molar-refractivity contribution in [2.24, 2.45) is 5.92 Å². The first-order valence-corrected chi connectivity index (χ1v) is 23.7. The average molecular weight is 786 g/mol. The lowest BCUT2D eigenvalue weighted by Gasteiger charge is -2.39. The van der Waals surface area contributed by atoms with E-state index in [1.807, 2.05) is 87.5 Å². The maximum Gasteiger partial charge on any atom is 0.264 e. The standard InChI is InChI=1S/C47H55N3O6Si/c1-32-45(57(3,4)39-22-20-38(55-2)21-23-39)42(28-44(53)49-30-35-17-12-11-16-34(35)26-37(49)31-51)56-47(32)40-27-36(48-25-13-6-5-10-18-43(48)52)19-24-41(40)50(46(47)54)29-33-14-8-7-9-15-33/h7-9,11-12,14-17,19-24,27,32,37,42,45,51H,5-6,10,13,18,25-26,28-31H2,1-4H3/t32-,37-,42+,45-,47+/m0/s1. The number of methoxy groups -OCH3 is 1. The summed E-state index contributed by atoms with van der Waals surface area (Å²) in [7, 11) is -0.893. The largest absolute Gasteiger partial charge is 0.497 e. The number of aliphatic hydroxyl groups is 1. The first-order chi connectivity index (χ1) is 27.6. The number of benzene rings is 4. The lowest BCUT2D eigenvalue weighted by molar-refractivity contribution is -0.151. The number of hydrogen-bond acceptors (Lipinski definition) is 6. The van der Waals surface area contributed by atoms with Gasteiger partial charge in [0.05, 0.1) is 52.6 Å². The van der Waals surface area contributed by atoms with Gasteiger partial charge in [0, 0.05) is 36.7 Å². The number of hydrogen-bond donors (Lipinski definition) is 1. The molecule has 57 heavy (non-hydrogen) atoms. The number of carbonyl (C=O) groups is 3. The van der Waals surface area contributed by atoms with Gasteiger partial charge >= 0.3 is 0 Å².